The van der Waals surface area contributed by atoms with Gasteiger partial charge in [0.1, 0.15) is 10.7 Å². The summed E-state index contributed by atoms with van der Waals surface area (Å²) in [5, 5.41) is 3.89. The Morgan fingerprint density at radius 1 is 1.28 bits per heavy atom. The fourth-order valence-corrected chi connectivity index (χ4v) is 4.55. The molecular weight excluding hydrogens is 389 g/mol. The van der Waals surface area contributed by atoms with E-state index in [1.807, 2.05) is 11.8 Å². The first-order chi connectivity index (χ1) is 13.9. The number of carbonyl (C=O) groups is 2. The molecule has 2 heterocycles. The van der Waals surface area contributed by atoms with Crippen molar-refractivity contribution < 1.29 is 14.0 Å². The Kier molecular flexibility index (Phi) is 7.00. The molecule has 156 valence electrons. The lowest BCUT2D eigenvalue weighted by Crippen LogP contribution is -2.43. The Bertz CT molecular complexity index is 873. The van der Waals surface area contributed by atoms with Crippen LogP contribution in [0.15, 0.2) is 24.3 Å². The Morgan fingerprint density at radius 3 is 2.59 bits per heavy atom. The maximum absolute atomic E-state index is 13.6. The van der Waals surface area contributed by atoms with E-state index in [-0.39, 0.29) is 23.5 Å². The summed E-state index contributed by atoms with van der Waals surface area (Å²) >= 11 is 1.47. The molecular formula is C22H28FN3O2S. The lowest BCUT2D eigenvalue weighted by molar-refractivity contribution is -0.126. The summed E-state index contributed by atoms with van der Waals surface area (Å²) in [6.45, 7) is 7.57. The van der Waals surface area contributed by atoms with E-state index in [0.29, 0.717) is 55.3 Å². The van der Waals surface area contributed by atoms with Crippen molar-refractivity contribution >= 4 is 23.2 Å². The second-order valence-electron chi connectivity index (χ2n) is 7.82. The fraction of sp³-hybridized carbons (Fsp3) is 0.500. The number of likely N-dealkylation sites (tertiary alicyclic amines) is 1. The molecule has 1 aromatic heterocycles. The average molecular weight is 418 g/mol. The molecule has 0 unspecified atom stereocenters. The first-order valence-corrected chi connectivity index (χ1v) is 11.0. The summed E-state index contributed by atoms with van der Waals surface area (Å²) < 4.78 is 13.6. The molecule has 1 fully saturated rings. The van der Waals surface area contributed by atoms with Crippen LogP contribution in [-0.2, 0) is 11.2 Å². The van der Waals surface area contributed by atoms with Gasteiger partial charge in [-0.15, -0.1) is 11.3 Å². The monoisotopic (exact) mass is 417 g/mol. The number of amides is 2. The predicted octanol–water partition coefficient (Wildman–Crippen LogP) is 3.93. The average Bonchev–Trinajstić information content (AvgIpc) is 3.11. The highest BCUT2D eigenvalue weighted by Crippen LogP contribution is 2.27. The van der Waals surface area contributed by atoms with E-state index >= 15 is 0 Å². The van der Waals surface area contributed by atoms with Gasteiger partial charge in [0, 0.05) is 31.5 Å². The summed E-state index contributed by atoms with van der Waals surface area (Å²) in [7, 11) is 0. The molecule has 0 bridgehead atoms. The van der Waals surface area contributed by atoms with E-state index in [9.17, 15) is 14.0 Å². The lowest BCUT2D eigenvalue weighted by atomic mass is 9.95. The number of nitrogens with zero attached hydrogens (tertiary/aromatic N) is 2. The van der Waals surface area contributed by atoms with Gasteiger partial charge in [0.05, 0.1) is 10.7 Å². The first-order valence-electron chi connectivity index (χ1n) is 10.1. The molecule has 1 aliphatic rings. The second-order valence-corrected chi connectivity index (χ2v) is 8.85. The molecule has 0 aliphatic carbocycles. The molecule has 1 N–H and O–H groups in total. The zero-order chi connectivity index (χ0) is 21.0. The molecule has 5 nitrogen and oxygen atoms in total. The molecule has 3 rings (SSSR count). The molecule has 7 heteroatoms. The Morgan fingerprint density at radius 2 is 1.97 bits per heavy atom. The van der Waals surface area contributed by atoms with E-state index < -0.39 is 0 Å². The number of piperidine rings is 1. The largest absolute Gasteiger partial charge is 0.356 e. The third-order valence-electron chi connectivity index (χ3n) is 5.31. The predicted molar refractivity (Wildman–Crippen MR) is 113 cm³/mol. The molecule has 1 aromatic carbocycles. The standard InChI is InChI=1S/C22H28FN3O2S/c1-14(2)21-25-15(3)19(29-21)22(28)26-12-9-17(10-13-26)20(27)24-11-8-16-6-4-5-7-18(16)23/h4-7,14,17H,8-13H2,1-3H3,(H,24,27). The third-order valence-corrected chi connectivity index (χ3v) is 6.75. The zero-order valence-electron chi connectivity index (χ0n) is 17.2. The Balaban J connectivity index is 1.48. The number of halogens is 1. The van der Waals surface area contributed by atoms with Gasteiger partial charge >= 0.3 is 0 Å². The van der Waals surface area contributed by atoms with Crippen LogP contribution in [0.5, 0.6) is 0 Å². The molecule has 1 saturated heterocycles. The minimum Gasteiger partial charge on any atom is -0.356 e. The van der Waals surface area contributed by atoms with E-state index in [1.165, 1.54) is 17.4 Å². The van der Waals surface area contributed by atoms with Gasteiger partial charge in [-0.1, -0.05) is 32.0 Å². The van der Waals surface area contributed by atoms with E-state index in [1.54, 1.807) is 18.2 Å². The van der Waals surface area contributed by atoms with Crippen LogP contribution >= 0.6 is 11.3 Å². The topological polar surface area (TPSA) is 62.3 Å². The minimum absolute atomic E-state index is 0.00972. The number of benzene rings is 1. The molecule has 2 amide bonds. The maximum atomic E-state index is 13.6. The Labute approximate surface area is 175 Å². The van der Waals surface area contributed by atoms with Gasteiger partial charge in [-0.25, -0.2) is 9.37 Å². The normalized spacial score (nSPS) is 15.0. The second kappa shape index (κ2) is 9.48. The molecule has 1 aliphatic heterocycles. The number of aryl methyl sites for hydroxylation is 1. The molecule has 0 atom stereocenters. The molecule has 0 radical (unpaired) electrons. The first kappa shape index (κ1) is 21.4. The van der Waals surface area contributed by atoms with Crippen LogP contribution in [0, 0.1) is 18.7 Å². The van der Waals surface area contributed by atoms with Gasteiger partial charge < -0.3 is 10.2 Å². The van der Waals surface area contributed by atoms with Crippen molar-refractivity contribution in [2.75, 3.05) is 19.6 Å². The number of hydrogen-bond acceptors (Lipinski definition) is 4. The third kappa shape index (κ3) is 5.21. The van der Waals surface area contributed by atoms with E-state index in [2.05, 4.69) is 24.1 Å². The van der Waals surface area contributed by atoms with Crippen molar-refractivity contribution in [1.29, 1.82) is 0 Å². The number of nitrogens with one attached hydrogen (secondary N) is 1. The molecule has 0 spiro atoms. The number of hydrogen-bond donors (Lipinski definition) is 1. The van der Waals surface area contributed by atoms with E-state index in [0.717, 1.165) is 10.7 Å². The molecule has 29 heavy (non-hydrogen) atoms. The zero-order valence-corrected chi connectivity index (χ0v) is 18.0. The Hall–Kier alpha value is -2.28. The summed E-state index contributed by atoms with van der Waals surface area (Å²) in [6, 6.07) is 6.61. The summed E-state index contributed by atoms with van der Waals surface area (Å²) in [5.41, 5.74) is 1.39. The van der Waals surface area contributed by atoms with Gasteiger partial charge in [-0.05, 0) is 37.8 Å². The van der Waals surface area contributed by atoms with Crippen molar-refractivity contribution in [3.63, 3.8) is 0 Å². The van der Waals surface area contributed by atoms with E-state index in [4.69, 9.17) is 0 Å². The minimum atomic E-state index is -0.243. The van der Waals surface area contributed by atoms with Crippen molar-refractivity contribution in [3.05, 3.63) is 51.2 Å². The molecule has 2 aromatic rings. The molecule has 0 saturated carbocycles. The summed E-state index contributed by atoms with van der Waals surface area (Å²) in [6.07, 6.45) is 1.76. The lowest BCUT2D eigenvalue weighted by Gasteiger charge is -2.31. The SMILES string of the molecule is Cc1nc(C(C)C)sc1C(=O)N1CCC(C(=O)NCCc2ccccc2F)CC1. The van der Waals surface area contributed by atoms with Crippen LogP contribution in [0.4, 0.5) is 4.39 Å². The highest BCUT2D eigenvalue weighted by molar-refractivity contribution is 7.13. The van der Waals surface area contributed by atoms with Crippen LogP contribution in [0.2, 0.25) is 0 Å². The fourth-order valence-electron chi connectivity index (χ4n) is 3.52. The van der Waals surface area contributed by atoms with Crippen molar-refractivity contribution in [1.82, 2.24) is 15.2 Å². The van der Waals surface area contributed by atoms with Gasteiger partial charge in [0.2, 0.25) is 5.91 Å². The smallest absolute Gasteiger partial charge is 0.265 e. The van der Waals surface area contributed by atoms with Gasteiger partial charge in [0.15, 0.2) is 0 Å². The number of rotatable bonds is 6. The van der Waals surface area contributed by atoms with Crippen molar-refractivity contribution in [3.8, 4) is 0 Å². The van der Waals surface area contributed by atoms with Crippen molar-refractivity contribution in [2.24, 2.45) is 5.92 Å². The van der Waals surface area contributed by atoms with Crippen molar-refractivity contribution in [2.45, 2.75) is 46.0 Å². The van der Waals surface area contributed by atoms with Crippen LogP contribution < -0.4 is 5.32 Å². The van der Waals surface area contributed by atoms with Gasteiger partial charge in [0.25, 0.3) is 5.91 Å². The highest BCUT2D eigenvalue weighted by Gasteiger charge is 2.29. The number of thiazole rings is 1. The van der Waals surface area contributed by atoms with Crippen LogP contribution in [0.25, 0.3) is 0 Å². The van der Waals surface area contributed by atoms with Crippen LogP contribution in [0.1, 0.15) is 58.5 Å². The van der Waals surface area contributed by atoms with Crippen LogP contribution in [-0.4, -0.2) is 41.3 Å². The summed E-state index contributed by atoms with van der Waals surface area (Å²) in [5.74, 6) is -0.0325. The number of carbonyl (C=O) groups excluding carboxylic acids is 2. The van der Waals surface area contributed by atoms with Gasteiger partial charge in [-0.3, -0.25) is 9.59 Å². The highest BCUT2D eigenvalue weighted by atomic mass is 32.1. The quantitative estimate of drug-likeness (QED) is 0.775. The summed E-state index contributed by atoms with van der Waals surface area (Å²) in [4.78, 5) is 32.3. The van der Waals surface area contributed by atoms with Gasteiger partial charge in [-0.2, -0.15) is 0 Å². The van der Waals surface area contributed by atoms with Crippen LogP contribution in [0.3, 0.4) is 0 Å². The maximum Gasteiger partial charge on any atom is 0.265 e. The number of aromatic nitrogens is 1.